The van der Waals surface area contributed by atoms with Gasteiger partial charge in [0.2, 0.25) is 0 Å². The first-order chi connectivity index (χ1) is 8.66. The molecule has 0 spiro atoms. The Balaban J connectivity index is 2.95. The minimum atomic E-state index is -3.27. The van der Waals surface area contributed by atoms with Crippen LogP contribution in [0, 0.1) is 0 Å². The predicted octanol–water partition coefficient (Wildman–Crippen LogP) is -0.0466. The van der Waals surface area contributed by atoms with Crippen molar-refractivity contribution in [2.75, 3.05) is 19.9 Å². The van der Waals surface area contributed by atoms with Crippen LogP contribution in [-0.4, -0.2) is 61.3 Å². The van der Waals surface area contributed by atoms with E-state index in [9.17, 15) is 18.0 Å². The molecule has 0 radical (unpaired) electrons. The Morgan fingerprint density at radius 3 is 2.42 bits per heavy atom. The zero-order chi connectivity index (χ0) is 14.8. The molecule has 1 rings (SSSR count). The molecule has 0 aromatic heterocycles. The largest absolute Gasteiger partial charge is 0.467 e. The van der Waals surface area contributed by atoms with Gasteiger partial charge in [0.05, 0.1) is 23.8 Å². The molecular weight excluding hydrogens is 290 g/mol. The van der Waals surface area contributed by atoms with Crippen LogP contribution in [0.5, 0.6) is 0 Å². The second-order valence-corrected chi connectivity index (χ2v) is 7.45. The summed E-state index contributed by atoms with van der Waals surface area (Å²) in [5.41, 5.74) is 0. The number of likely N-dealkylation sites (tertiary alicyclic amines) is 1. The summed E-state index contributed by atoms with van der Waals surface area (Å²) in [4.78, 5) is 24.6. The number of rotatable bonds is 4. The number of hydrogen-bond acceptors (Lipinski definition) is 6. The van der Waals surface area contributed by atoms with Gasteiger partial charge in [0, 0.05) is 12.8 Å². The summed E-state index contributed by atoms with van der Waals surface area (Å²) in [5.74, 6) is -0.659. The molecule has 2 atom stereocenters. The van der Waals surface area contributed by atoms with Gasteiger partial charge in [-0.3, -0.25) is 4.79 Å². The molecule has 0 aromatic carbocycles. The molecule has 8 heteroatoms. The van der Waals surface area contributed by atoms with Crippen molar-refractivity contribution in [3.05, 3.63) is 0 Å². The third-order valence-electron chi connectivity index (χ3n) is 3.06. The van der Waals surface area contributed by atoms with Crippen molar-refractivity contribution >= 4 is 38.8 Å². The number of sulfone groups is 1. The molecule has 1 aliphatic heterocycles. The third kappa shape index (κ3) is 3.97. The normalized spacial score (nSPS) is 23.2. The van der Waals surface area contributed by atoms with Crippen LogP contribution in [0.25, 0.3) is 0 Å². The van der Waals surface area contributed by atoms with E-state index < -0.39 is 27.1 Å². The smallest absolute Gasteiger partial charge is 0.328 e. The van der Waals surface area contributed by atoms with Gasteiger partial charge in [-0.05, 0) is 13.3 Å². The number of thiocarbonyl (C=S) groups is 1. The van der Waals surface area contributed by atoms with Crippen molar-refractivity contribution in [1.82, 2.24) is 4.90 Å². The zero-order valence-corrected chi connectivity index (χ0v) is 12.7. The molecule has 19 heavy (non-hydrogen) atoms. The lowest BCUT2D eigenvalue weighted by molar-refractivity contribution is -0.144. The summed E-state index contributed by atoms with van der Waals surface area (Å²) in [6, 6.07) is -0.725. The molecule has 1 aliphatic rings. The van der Waals surface area contributed by atoms with Crippen molar-refractivity contribution in [3.63, 3.8) is 0 Å². The van der Waals surface area contributed by atoms with Crippen molar-refractivity contribution < 1.29 is 22.7 Å². The highest BCUT2D eigenvalue weighted by Crippen LogP contribution is 2.25. The molecule has 0 bridgehead atoms. The fourth-order valence-corrected chi connectivity index (χ4v) is 3.43. The summed E-state index contributed by atoms with van der Waals surface area (Å²) in [5, 5.41) is -0.665. The minimum Gasteiger partial charge on any atom is -0.467 e. The van der Waals surface area contributed by atoms with E-state index in [1.807, 2.05) is 0 Å². The van der Waals surface area contributed by atoms with Gasteiger partial charge in [-0.15, -0.1) is 0 Å². The molecule has 0 saturated carbocycles. The fraction of sp³-hybridized carbons (Fsp3) is 0.727. The molecule has 1 fully saturated rings. The van der Waals surface area contributed by atoms with Gasteiger partial charge in [-0.25, -0.2) is 13.2 Å². The topological polar surface area (TPSA) is 80.8 Å². The van der Waals surface area contributed by atoms with Gasteiger partial charge in [-0.2, -0.15) is 0 Å². The number of methoxy groups -OCH3 is 1. The minimum absolute atomic E-state index is 0.0271. The number of ketones is 1. The van der Waals surface area contributed by atoms with Crippen LogP contribution in [0.15, 0.2) is 0 Å². The average molecular weight is 307 g/mol. The number of esters is 1. The maximum absolute atomic E-state index is 11.7. The Kier molecular flexibility index (Phi) is 5.03. The highest BCUT2D eigenvalue weighted by Gasteiger charge is 2.42. The molecule has 6 nitrogen and oxygen atoms in total. The quantitative estimate of drug-likeness (QED) is 0.532. The molecule has 0 aliphatic carbocycles. The van der Waals surface area contributed by atoms with E-state index in [0.717, 1.165) is 6.26 Å². The fourth-order valence-electron chi connectivity index (χ4n) is 2.06. The molecule has 1 heterocycles. The second-order valence-electron chi connectivity index (χ2n) is 4.65. The van der Waals surface area contributed by atoms with E-state index in [1.165, 1.54) is 18.9 Å². The van der Waals surface area contributed by atoms with E-state index in [1.54, 1.807) is 0 Å². The Labute approximate surface area is 118 Å². The highest BCUT2D eigenvalue weighted by molar-refractivity contribution is 7.91. The lowest BCUT2D eigenvalue weighted by atomic mass is 10.2. The maximum Gasteiger partial charge on any atom is 0.328 e. The molecule has 0 amide bonds. The predicted molar refractivity (Wildman–Crippen MR) is 73.7 cm³/mol. The third-order valence-corrected chi connectivity index (χ3v) is 4.99. The van der Waals surface area contributed by atoms with Gasteiger partial charge in [-0.1, -0.05) is 12.2 Å². The molecule has 1 saturated heterocycles. The summed E-state index contributed by atoms with van der Waals surface area (Å²) in [6.45, 7) is 1.52. The second kappa shape index (κ2) is 5.96. The van der Waals surface area contributed by atoms with Crippen LogP contribution in [-0.2, 0) is 24.2 Å². The molecule has 0 aromatic rings. The highest BCUT2D eigenvalue weighted by atomic mass is 32.2. The first-order valence-corrected chi connectivity index (χ1v) is 8.08. The zero-order valence-electron chi connectivity index (χ0n) is 11.1. The number of hydrogen-bond donors (Lipinski definition) is 0. The SMILES string of the molecule is COC(=O)C1C[C@@H](S(C)(=O)=O)CN1C(=S)CC(C)=O. The van der Waals surface area contributed by atoms with E-state index in [4.69, 9.17) is 12.2 Å². The standard InChI is InChI=1S/C11H17NO5S2/c1-7(13)4-10(18)12-6-8(19(3,15)16)5-9(12)11(14)17-2/h8-9H,4-6H2,1-3H3/t8-,9?/m1/s1. The monoisotopic (exact) mass is 307 g/mol. The Morgan fingerprint density at radius 2 is 2.00 bits per heavy atom. The van der Waals surface area contributed by atoms with Crippen LogP contribution in [0.3, 0.4) is 0 Å². The van der Waals surface area contributed by atoms with E-state index in [0.29, 0.717) is 0 Å². The molecular formula is C11H17NO5S2. The van der Waals surface area contributed by atoms with E-state index in [2.05, 4.69) is 4.74 Å². The number of Topliss-reactive ketones (excluding diaryl/α,β-unsaturated/α-hetero) is 1. The Hall–Kier alpha value is -1.02. The van der Waals surface area contributed by atoms with Crippen LogP contribution >= 0.6 is 12.2 Å². The van der Waals surface area contributed by atoms with Gasteiger partial charge in [0.1, 0.15) is 11.8 Å². The van der Waals surface area contributed by atoms with Gasteiger partial charge in [0.15, 0.2) is 9.84 Å². The van der Waals surface area contributed by atoms with Crippen LogP contribution in [0.1, 0.15) is 19.8 Å². The summed E-state index contributed by atoms with van der Waals surface area (Å²) >= 11 is 5.11. The van der Waals surface area contributed by atoms with Crippen molar-refractivity contribution in [2.45, 2.75) is 31.1 Å². The number of ether oxygens (including phenoxy) is 1. The summed E-state index contributed by atoms with van der Waals surface area (Å²) < 4.78 is 27.8. The Morgan fingerprint density at radius 1 is 1.42 bits per heavy atom. The van der Waals surface area contributed by atoms with Crippen molar-refractivity contribution in [2.24, 2.45) is 0 Å². The van der Waals surface area contributed by atoms with Gasteiger partial charge >= 0.3 is 5.97 Å². The average Bonchev–Trinajstić information content (AvgIpc) is 2.71. The lowest BCUT2D eigenvalue weighted by Gasteiger charge is -2.24. The lowest BCUT2D eigenvalue weighted by Crippen LogP contribution is -2.41. The maximum atomic E-state index is 11.7. The molecule has 108 valence electrons. The molecule has 0 N–H and O–H groups in total. The van der Waals surface area contributed by atoms with E-state index >= 15 is 0 Å². The van der Waals surface area contributed by atoms with Crippen molar-refractivity contribution in [1.29, 1.82) is 0 Å². The first kappa shape index (κ1) is 16.0. The number of carbonyl (C=O) groups is 2. The van der Waals surface area contributed by atoms with Crippen LogP contribution in [0.2, 0.25) is 0 Å². The van der Waals surface area contributed by atoms with Gasteiger partial charge in [0.25, 0.3) is 0 Å². The number of nitrogens with zero attached hydrogens (tertiary/aromatic N) is 1. The Bertz CT molecular complexity index is 499. The number of carbonyl (C=O) groups excluding carboxylic acids is 2. The van der Waals surface area contributed by atoms with Gasteiger partial charge < -0.3 is 9.64 Å². The van der Waals surface area contributed by atoms with Crippen molar-refractivity contribution in [3.8, 4) is 0 Å². The van der Waals surface area contributed by atoms with E-state index in [-0.39, 0.29) is 30.2 Å². The molecule has 1 unspecified atom stereocenters. The first-order valence-electron chi connectivity index (χ1n) is 5.72. The summed E-state index contributed by atoms with van der Waals surface area (Å²) in [6.07, 6.45) is 1.30. The van der Waals surface area contributed by atoms with Crippen LogP contribution < -0.4 is 0 Å². The summed E-state index contributed by atoms with van der Waals surface area (Å²) in [7, 11) is -2.03. The van der Waals surface area contributed by atoms with Crippen LogP contribution in [0.4, 0.5) is 0 Å².